The molecule has 1 aliphatic heterocycles. The SMILES string of the molecule is CC(C)N1CCc2c(-c3nc4ccccc4s3)csc2C1NC(=O)CCNC(C)(C)C. The van der Waals surface area contributed by atoms with Crippen molar-refractivity contribution < 1.29 is 4.79 Å². The number of amides is 1. The molecule has 4 rings (SSSR count). The largest absolute Gasteiger partial charge is 0.336 e. The van der Waals surface area contributed by atoms with Crippen molar-refractivity contribution in [3.05, 3.63) is 40.1 Å². The van der Waals surface area contributed by atoms with Crippen LogP contribution in [0.5, 0.6) is 0 Å². The Kier molecular flexibility index (Phi) is 6.49. The van der Waals surface area contributed by atoms with Crippen molar-refractivity contribution in [2.75, 3.05) is 13.1 Å². The van der Waals surface area contributed by atoms with E-state index in [1.165, 1.54) is 20.7 Å². The Hall–Kier alpha value is -1.80. The fourth-order valence-electron chi connectivity index (χ4n) is 4.05. The van der Waals surface area contributed by atoms with Gasteiger partial charge in [0.2, 0.25) is 5.91 Å². The first-order valence-electron chi connectivity index (χ1n) is 11.0. The first kappa shape index (κ1) is 22.4. The van der Waals surface area contributed by atoms with Crippen molar-refractivity contribution >= 4 is 38.8 Å². The van der Waals surface area contributed by atoms with Crippen molar-refractivity contribution in [2.24, 2.45) is 0 Å². The Bertz CT molecular complexity index is 1030. The van der Waals surface area contributed by atoms with Gasteiger partial charge in [-0.25, -0.2) is 4.98 Å². The number of carbonyl (C=O) groups excluding carboxylic acids is 1. The lowest BCUT2D eigenvalue weighted by atomic mass is 10.00. The number of hydrogen-bond donors (Lipinski definition) is 2. The first-order chi connectivity index (χ1) is 14.7. The van der Waals surface area contributed by atoms with Gasteiger partial charge in [0.1, 0.15) is 11.2 Å². The summed E-state index contributed by atoms with van der Waals surface area (Å²) in [6.07, 6.45) is 1.39. The molecule has 0 bridgehead atoms. The van der Waals surface area contributed by atoms with Crippen LogP contribution in [-0.2, 0) is 11.2 Å². The van der Waals surface area contributed by atoms with Crippen LogP contribution in [0, 0.1) is 0 Å². The van der Waals surface area contributed by atoms with E-state index in [1.54, 1.807) is 22.7 Å². The Morgan fingerprint density at radius 1 is 1.29 bits per heavy atom. The van der Waals surface area contributed by atoms with E-state index in [4.69, 9.17) is 4.98 Å². The lowest BCUT2D eigenvalue weighted by molar-refractivity contribution is -0.123. The molecule has 0 spiro atoms. The number of nitrogens with zero attached hydrogens (tertiary/aromatic N) is 2. The second-order valence-corrected chi connectivity index (χ2v) is 11.4. The van der Waals surface area contributed by atoms with Gasteiger partial charge in [-0.2, -0.15) is 0 Å². The van der Waals surface area contributed by atoms with Crippen LogP contribution in [0.15, 0.2) is 29.6 Å². The molecule has 1 atom stereocenters. The van der Waals surface area contributed by atoms with E-state index in [-0.39, 0.29) is 17.6 Å². The number of nitrogens with one attached hydrogen (secondary N) is 2. The van der Waals surface area contributed by atoms with Gasteiger partial charge in [-0.15, -0.1) is 22.7 Å². The summed E-state index contributed by atoms with van der Waals surface area (Å²) in [6.45, 7) is 12.4. The third-order valence-electron chi connectivity index (χ3n) is 5.62. The van der Waals surface area contributed by atoms with E-state index in [1.807, 2.05) is 6.07 Å². The van der Waals surface area contributed by atoms with Gasteiger partial charge in [-0.1, -0.05) is 12.1 Å². The van der Waals surface area contributed by atoms with Gasteiger partial charge in [-0.3, -0.25) is 9.69 Å². The summed E-state index contributed by atoms with van der Waals surface area (Å²) in [5, 5.41) is 10.0. The second kappa shape index (κ2) is 8.98. The highest BCUT2D eigenvalue weighted by Gasteiger charge is 2.33. The summed E-state index contributed by atoms with van der Waals surface area (Å²) in [6, 6.07) is 8.66. The zero-order valence-corrected chi connectivity index (χ0v) is 20.6. The molecule has 2 aromatic heterocycles. The lowest BCUT2D eigenvalue weighted by Crippen LogP contribution is -2.48. The van der Waals surface area contributed by atoms with Crippen molar-refractivity contribution in [1.82, 2.24) is 20.5 Å². The monoisotopic (exact) mass is 456 g/mol. The summed E-state index contributed by atoms with van der Waals surface area (Å²) in [5.74, 6) is 0.0928. The minimum Gasteiger partial charge on any atom is -0.336 e. The van der Waals surface area contributed by atoms with Crippen molar-refractivity contribution in [3.8, 4) is 10.6 Å². The van der Waals surface area contributed by atoms with E-state index < -0.39 is 0 Å². The molecule has 0 aliphatic carbocycles. The van der Waals surface area contributed by atoms with Gasteiger partial charge >= 0.3 is 0 Å². The van der Waals surface area contributed by atoms with Crippen molar-refractivity contribution in [3.63, 3.8) is 0 Å². The number of carbonyl (C=O) groups is 1. The minimum absolute atomic E-state index is 0.0160. The molecule has 2 N–H and O–H groups in total. The lowest BCUT2D eigenvalue weighted by Gasteiger charge is -2.39. The molecule has 1 aromatic carbocycles. The van der Waals surface area contributed by atoms with Crippen LogP contribution < -0.4 is 10.6 Å². The maximum absolute atomic E-state index is 12.8. The van der Waals surface area contributed by atoms with Gasteiger partial charge in [0.05, 0.1) is 10.2 Å². The number of hydrogen-bond acceptors (Lipinski definition) is 6. The molecule has 7 heteroatoms. The molecular formula is C24H32N4OS2. The molecule has 0 radical (unpaired) electrons. The Balaban J connectivity index is 1.58. The number of thiazole rings is 1. The molecule has 0 saturated carbocycles. The van der Waals surface area contributed by atoms with Gasteiger partial charge in [0.25, 0.3) is 0 Å². The molecule has 1 unspecified atom stereocenters. The normalized spacial score (nSPS) is 17.3. The minimum atomic E-state index is -0.0704. The van der Waals surface area contributed by atoms with E-state index in [0.29, 0.717) is 19.0 Å². The van der Waals surface area contributed by atoms with Crippen LogP contribution >= 0.6 is 22.7 Å². The van der Waals surface area contributed by atoms with Crippen LogP contribution in [0.1, 0.15) is 57.6 Å². The predicted octanol–water partition coefficient (Wildman–Crippen LogP) is 5.18. The molecule has 1 aliphatic rings. The highest BCUT2D eigenvalue weighted by atomic mass is 32.1. The molecule has 0 fully saturated rings. The van der Waals surface area contributed by atoms with Crippen LogP contribution in [0.2, 0.25) is 0 Å². The number of rotatable bonds is 6. The summed E-state index contributed by atoms with van der Waals surface area (Å²) in [7, 11) is 0. The van der Waals surface area contributed by atoms with E-state index in [9.17, 15) is 4.79 Å². The van der Waals surface area contributed by atoms with Crippen molar-refractivity contribution in [2.45, 2.75) is 65.2 Å². The number of thiophene rings is 1. The average molecular weight is 457 g/mol. The zero-order valence-electron chi connectivity index (χ0n) is 19.0. The van der Waals surface area contributed by atoms with Crippen LogP contribution in [0.25, 0.3) is 20.8 Å². The molecule has 5 nitrogen and oxygen atoms in total. The van der Waals surface area contributed by atoms with Gasteiger partial charge in [-0.05, 0) is 58.7 Å². The van der Waals surface area contributed by atoms with Crippen LogP contribution in [0.4, 0.5) is 0 Å². The fourth-order valence-corrected chi connectivity index (χ4v) is 6.31. The molecule has 0 saturated heterocycles. The highest BCUT2D eigenvalue weighted by molar-refractivity contribution is 7.22. The zero-order chi connectivity index (χ0) is 22.2. The fraction of sp³-hybridized carbons (Fsp3) is 0.500. The summed E-state index contributed by atoms with van der Waals surface area (Å²) in [5.41, 5.74) is 3.65. The molecule has 3 aromatic rings. The molecule has 166 valence electrons. The summed E-state index contributed by atoms with van der Waals surface area (Å²) < 4.78 is 1.22. The topological polar surface area (TPSA) is 57.3 Å². The van der Waals surface area contributed by atoms with Gasteiger partial charge in [0.15, 0.2) is 0 Å². The Morgan fingerprint density at radius 3 is 2.77 bits per heavy atom. The maximum Gasteiger partial charge on any atom is 0.222 e. The molecular weight excluding hydrogens is 424 g/mol. The number of fused-ring (bicyclic) bond motifs is 2. The number of aromatic nitrogens is 1. The average Bonchev–Trinajstić information content (AvgIpc) is 3.30. The Morgan fingerprint density at radius 2 is 2.06 bits per heavy atom. The first-order valence-corrected chi connectivity index (χ1v) is 12.7. The van der Waals surface area contributed by atoms with Gasteiger partial charge in [0, 0.05) is 46.9 Å². The standard InChI is InChI=1S/C24H32N4OS2/c1-15(2)28-13-11-16-17(23-26-18-8-6-7-9-19(18)31-23)14-30-21(16)22(28)27-20(29)10-12-25-24(3,4)5/h6-9,14-15,22,25H,10-13H2,1-5H3,(H,27,29). The third-order valence-corrected chi connectivity index (χ3v) is 7.77. The summed E-state index contributed by atoms with van der Waals surface area (Å²) in [4.78, 5) is 21.3. The van der Waals surface area contributed by atoms with E-state index >= 15 is 0 Å². The Labute approximate surface area is 192 Å². The maximum atomic E-state index is 12.8. The highest BCUT2D eigenvalue weighted by Crippen LogP contribution is 2.42. The van der Waals surface area contributed by atoms with E-state index in [0.717, 1.165) is 23.5 Å². The second-order valence-electron chi connectivity index (χ2n) is 9.46. The molecule has 3 heterocycles. The van der Waals surface area contributed by atoms with E-state index in [2.05, 4.69) is 73.7 Å². The quantitative estimate of drug-likeness (QED) is 0.536. The smallest absolute Gasteiger partial charge is 0.222 e. The van der Waals surface area contributed by atoms with Gasteiger partial charge < -0.3 is 10.6 Å². The predicted molar refractivity (Wildman–Crippen MR) is 132 cm³/mol. The van der Waals surface area contributed by atoms with Crippen LogP contribution in [-0.4, -0.2) is 40.5 Å². The molecule has 31 heavy (non-hydrogen) atoms. The van der Waals surface area contributed by atoms with Crippen molar-refractivity contribution in [1.29, 1.82) is 0 Å². The molecule has 1 amide bonds. The third kappa shape index (κ3) is 5.00. The number of para-hydroxylation sites is 1. The summed E-state index contributed by atoms with van der Waals surface area (Å²) >= 11 is 3.50. The number of benzene rings is 1. The van der Waals surface area contributed by atoms with Crippen LogP contribution in [0.3, 0.4) is 0 Å².